The third kappa shape index (κ3) is 4.96. The number of para-hydroxylation sites is 1. The highest BCUT2D eigenvalue weighted by Gasteiger charge is 2.15. The van der Waals surface area contributed by atoms with Crippen LogP contribution in [0.15, 0.2) is 64.2 Å². The molecular formula is C22H20BrN3O4. The van der Waals surface area contributed by atoms with E-state index < -0.39 is 5.97 Å². The molecule has 8 heteroatoms. The predicted molar refractivity (Wildman–Crippen MR) is 118 cm³/mol. The van der Waals surface area contributed by atoms with Crippen LogP contribution in [0.5, 0.6) is 5.75 Å². The molecule has 2 N–H and O–H groups in total. The first kappa shape index (κ1) is 21.3. The molecule has 3 aromatic rings. The fourth-order valence-electron chi connectivity index (χ4n) is 3.02. The molecule has 0 bridgehead atoms. The first-order chi connectivity index (χ1) is 14.4. The molecule has 2 aromatic carbocycles. The number of rotatable bonds is 7. The van der Waals surface area contributed by atoms with E-state index in [0.29, 0.717) is 11.4 Å². The van der Waals surface area contributed by atoms with E-state index >= 15 is 0 Å². The average Bonchev–Trinajstić information content (AvgIpc) is 3.00. The van der Waals surface area contributed by atoms with Crippen molar-refractivity contribution in [3.05, 3.63) is 81.6 Å². The van der Waals surface area contributed by atoms with Gasteiger partial charge in [-0.3, -0.25) is 4.79 Å². The van der Waals surface area contributed by atoms with Crippen molar-refractivity contribution in [2.24, 2.45) is 5.10 Å². The summed E-state index contributed by atoms with van der Waals surface area (Å²) >= 11 is 3.34. The van der Waals surface area contributed by atoms with Crippen molar-refractivity contribution in [1.82, 2.24) is 9.99 Å². The Morgan fingerprint density at radius 2 is 1.87 bits per heavy atom. The first-order valence-corrected chi connectivity index (χ1v) is 9.88. The Balaban J connectivity index is 1.68. The van der Waals surface area contributed by atoms with E-state index in [1.165, 1.54) is 6.21 Å². The maximum absolute atomic E-state index is 11.9. The lowest BCUT2D eigenvalue weighted by atomic mass is 10.1. The van der Waals surface area contributed by atoms with Gasteiger partial charge in [0.05, 0.1) is 17.5 Å². The molecular weight excluding hydrogens is 450 g/mol. The Kier molecular flexibility index (Phi) is 6.68. The zero-order chi connectivity index (χ0) is 21.7. The lowest BCUT2D eigenvalue weighted by Crippen LogP contribution is -2.24. The number of amides is 1. The number of ether oxygens (including phenoxy) is 1. The molecule has 0 spiro atoms. The molecule has 0 radical (unpaired) electrons. The number of hydrogen-bond donors (Lipinski definition) is 2. The molecule has 0 unspecified atom stereocenters. The highest BCUT2D eigenvalue weighted by Crippen LogP contribution is 2.23. The van der Waals surface area contributed by atoms with Crippen molar-refractivity contribution >= 4 is 34.0 Å². The molecule has 1 aromatic heterocycles. The van der Waals surface area contributed by atoms with Crippen molar-refractivity contribution in [3.63, 3.8) is 0 Å². The van der Waals surface area contributed by atoms with Gasteiger partial charge < -0.3 is 14.4 Å². The van der Waals surface area contributed by atoms with Crippen LogP contribution in [-0.4, -0.2) is 34.4 Å². The lowest BCUT2D eigenvalue weighted by molar-refractivity contribution is -0.123. The predicted octanol–water partition coefficient (Wildman–Crippen LogP) is 4.08. The topological polar surface area (TPSA) is 92.9 Å². The molecule has 0 aliphatic heterocycles. The summed E-state index contributed by atoms with van der Waals surface area (Å²) in [7, 11) is 0. The summed E-state index contributed by atoms with van der Waals surface area (Å²) in [5.74, 6) is -0.802. The molecule has 30 heavy (non-hydrogen) atoms. The number of hydrazone groups is 1. The molecule has 1 amide bonds. The van der Waals surface area contributed by atoms with Gasteiger partial charge in [-0.25, -0.2) is 10.2 Å². The molecule has 0 atom stereocenters. The van der Waals surface area contributed by atoms with Gasteiger partial charge in [0.1, 0.15) is 5.75 Å². The van der Waals surface area contributed by atoms with E-state index in [1.807, 2.05) is 36.6 Å². The van der Waals surface area contributed by atoms with E-state index in [9.17, 15) is 14.7 Å². The second-order valence-electron chi connectivity index (χ2n) is 6.52. The number of carboxylic acid groups (broad SMARTS) is 1. The Morgan fingerprint density at radius 3 is 2.57 bits per heavy atom. The van der Waals surface area contributed by atoms with Gasteiger partial charge in [0.15, 0.2) is 6.61 Å². The molecule has 0 aliphatic carbocycles. The summed E-state index contributed by atoms with van der Waals surface area (Å²) in [5.41, 5.74) is 5.65. The van der Waals surface area contributed by atoms with E-state index in [0.717, 1.165) is 21.4 Å². The average molecular weight is 470 g/mol. The van der Waals surface area contributed by atoms with E-state index in [1.54, 1.807) is 36.4 Å². The molecule has 7 nitrogen and oxygen atoms in total. The zero-order valence-electron chi connectivity index (χ0n) is 16.4. The number of carbonyl (C=O) groups excluding carboxylic acids is 1. The number of hydrogen-bond acceptors (Lipinski definition) is 4. The van der Waals surface area contributed by atoms with E-state index in [-0.39, 0.29) is 18.1 Å². The Labute approximate surface area is 182 Å². The fourth-order valence-corrected chi connectivity index (χ4v) is 3.29. The third-order valence-corrected chi connectivity index (χ3v) is 4.95. The number of nitrogens with zero attached hydrogens (tertiary/aromatic N) is 2. The van der Waals surface area contributed by atoms with Crippen LogP contribution in [-0.2, 0) is 4.79 Å². The zero-order valence-corrected chi connectivity index (χ0v) is 18.0. The van der Waals surface area contributed by atoms with Crippen LogP contribution in [0, 0.1) is 13.8 Å². The Hall–Kier alpha value is -3.39. The lowest BCUT2D eigenvalue weighted by Gasteiger charge is -2.12. The van der Waals surface area contributed by atoms with Crippen molar-refractivity contribution in [2.45, 2.75) is 13.8 Å². The number of nitrogens with one attached hydrogen (secondary N) is 1. The summed E-state index contributed by atoms with van der Waals surface area (Å²) in [6, 6.07) is 15.8. The second kappa shape index (κ2) is 9.41. The van der Waals surface area contributed by atoms with Crippen LogP contribution in [0.4, 0.5) is 0 Å². The van der Waals surface area contributed by atoms with Gasteiger partial charge in [0, 0.05) is 21.4 Å². The van der Waals surface area contributed by atoms with Gasteiger partial charge in [-0.05, 0) is 56.3 Å². The maximum atomic E-state index is 11.9. The molecule has 0 fully saturated rings. The van der Waals surface area contributed by atoms with E-state index in [2.05, 4.69) is 26.5 Å². The summed E-state index contributed by atoms with van der Waals surface area (Å²) in [5, 5.41) is 13.5. The summed E-state index contributed by atoms with van der Waals surface area (Å²) in [4.78, 5) is 23.5. The van der Waals surface area contributed by atoms with Crippen LogP contribution < -0.4 is 10.2 Å². The van der Waals surface area contributed by atoms with Crippen LogP contribution in [0.3, 0.4) is 0 Å². The minimum Gasteiger partial charge on any atom is -0.484 e. The van der Waals surface area contributed by atoms with Crippen molar-refractivity contribution in [1.29, 1.82) is 0 Å². The molecule has 0 aliphatic rings. The van der Waals surface area contributed by atoms with Gasteiger partial charge in [-0.1, -0.05) is 28.1 Å². The number of benzene rings is 2. The normalized spacial score (nSPS) is 10.9. The van der Waals surface area contributed by atoms with Gasteiger partial charge in [-0.2, -0.15) is 5.10 Å². The maximum Gasteiger partial charge on any atom is 0.337 e. The van der Waals surface area contributed by atoms with Crippen molar-refractivity contribution in [2.75, 3.05) is 6.61 Å². The number of aromatic carboxylic acids is 1. The minimum atomic E-state index is -0.994. The smallest absolute Gasteiger partial charge is 0.337 e. The molecule has 0 saturated carbocycles. The van der Waals surface area contributed by atoms with Gasteiger partial charge in [-0.15, -0.1) is 0 Å². The molecule has 3 rings (SSSR count). The van der Waals surface area contributed by atoms with Gasteiger partial charge >= 0.3 is 5.97 Å². The first-order valence-electron chi connectivity index (χ1n) is 9.08. The highest BCUT2D eigenvalue weighted by molar-refractivity contribution is 9.10. The van der Waals surface area contributed by atoms with Crippen molar-refractivity contribution in [3.8, 4) is 11.4 Å². The SMILES string of the molecule is Cc1cc(/C=N\NC(=O)COc2ccc(Br)cc2)c(C)n1-c1ccccc1C(=O)O. The second-order valence-corrected chi connectivity index (χ2v) is 7.44. The van der Waals surface area contributed by atoms with Crippen LogP contribution in [0.1, 0.15) is 27.3 Å². The molecule has 0 saturated heterocycles. The van der Waals surface area contributed by atoms with Gasteiger partial charge in [0.2, 0.25) is 0 Å². The standard InChI is InChI=1S/C22H20BrN3O4/c1-14-11-16(15(2)26(14)20-6-4-3-5-19(20)22(28)29)12-24-25-21(27)13-30-18-9-7-17(23)8-10-18/h3-12H,13H2,1-2H3,(H,25,27)(H,28,29)/b24-12-. The summed E-state index contributed by atoms with van der Waals surface area (Å²) in [6.45, 7) is 3.59. The quantitative estimate of drug-likeness (QED) is 0.402. The highest BCUT2D eigenvalue weighted by atomic mass is 79.9. The largest absolute Gasteiger partial charge is 0.484 e. The van der Waals surface area contributed by atoms with Crippen LogP contribution in [0.2, 0.25) is 0 Å². The summed E-state index contributed by atoms with van der Waals surface area (Å²) < 4.78 is 8.17. The van der Waals surface area contributed by atoms with Crippen LogP contribution >= 0.6 is 15.9 Å². The number of halogens is 1. The van der Waals surface area contributed by atoms with Gasteiger partial charge in [0.25, 0.3) is 5.91 Å². The minimum absolute atomic E-state index is 0.163. The molecule has 1 heterocycles. The van der Waals surface area contributed by atoms with E-state index in [4.69, 9.17) is 4.74 Å². The third-order valence-electron chi connectivity index (χ3n) is 4.42. The van der Waals surface area contributed by atoms with Crippen LogP contribution in [0.25, 0.3) is 5.69 Å². The van der Waals surface area contributed by atoms with Crippen molar-refractivity contribution < 1.29 is 19.4 Å². The number of aryl methyl sites for hydroxylation is 1. The number of carbonyl (C=O) groups is 2. The Morgan fingerprint density at radius 1 is 1.17 bits per heavy atom. The number of aromatic nitrogens is 1. The fraction of sp³-hybridized carbons (Fsp3) is 0.136. The summed E-state index contributed by atoms with van der Waals surface area (Å²) in [6.07, 6.45) is 1.53. The molecule has 154 valence electrons. The number of carboxylic acids is 1. The monoisotopic (exact) mass is 469 g/mol. The Bertz CT molecular complexity index is 1100.